The molecule has 0 spiro atoms. The van der Waals surface area contributed by atoms with Crippen molar-refractivity contribution in [2.75, 3.05) is 18.4 Å². The van der Waals surface area contributed by atoms with Gasteiger partial charge in [-0.15, -0.1) is 5.10 Å². The zero-order valence-electron chi connectivity index (χ0n) is 19.7. The van der Waals surface area contributed by atoms with Gasteiger partial charge in [0.1, 0.15) is 5.82 Å². The number of halogens is 1. The summed E-state index contributed by atoms with van der Waals surface area (Å²) in [5, 5.41) is 21.3. The van der Waals surface area contributed by atoms with Gasteiger partial charge in [-0.25, -0.2) is 13.9 Å². The van der Waals surface area contributed by atoms with Gasteiger partial charge in [0.05, 0.1) is 0 Å². The molecule has 3 N–H and O–H groups in total. The van der Waals surface area contributed by atoms with E-state index in [1.165, 1.54) is 6.07 Å². The van der Waals surface area contributed by atoms with Gasteiger partial charge in [0, 0.05) is 24.3 Å². The van der Waals surface area contributed by atoms with Gasteiger partial charge in [-0.05, 0) is 96.9 Å². The minimum absolute atomic E-state index is 0.0656. The second-order valence-corrected chi connectivity index (χ2v) is 8.84. The summed E-state index contributed by atoms with van der Waals surface area (Å²) >= 11 is 0. The monoisotopic (exact) mass is 465 g/mol. The van der Waals surface area contributed by atoms with E-state index in [1.807, 2.05) is 30.3 Å². The van der Waals surface area contributed by atoms with Crippen LogP contribution in [0.15, 0.2) is 42.5 Å². The number of aryl methyl sites for hydroxylation is 3. The maximum atomic E-state index is 14.2. The van der Waals surface area contributed by atoms with E-state index >= 15 is 0 Å². The molecule has 2 aromatic carbocycles. The molecule has 1 aliphatic rings. The minimum atomic E-state index is -0.264. The van der Waals surface area contributed by atoms with Gasteiger partial charge in [0.15, 0.2) is 5.82 Å². The molecule has 34 heavy (non-hydrogen) atoms. The molecule has 1 saturated heterocycles. The fourth-order valence-electron chi connectivity index (χ4n) is 4.57. The second kappa shape index (κ2) is 11.2. The van der Waals surface area contributed by atoms with Crippen molar-refractivity contribution in [2.45, 2.75) is 45.1 Å². The third-order valence-corrected chi connectivity index (χ3v) is 6.44. The topological polar surface area (TPSA) is 96.8 Å². The molecule has 0 radical (unpaired) electrons. The van der Waals surface area contributed by atoms with Gasteiger partial charge in [0.2, 0.25) is 0 Å². The first-order chi connectivity index (χ1) is 16.5. The fourth-order valence-corrected chi connectivity index (χ4v) is 4.57. The molecule has 0 bridgehead atoms. The van der Waals surface area contributed by atoms with Crippen molar-refractivity contribution in [3.63, 3.8) is 0 Å². The zero-order chi connectivity index (χ0) is 23.9. The first-order valence-corrected chi connectivity index (χ1v) is 11.9. The number of tetrazole rings is 1. The van der Waals surface area contributed by atoms with E-state index in [9.17, 15) is 9.18 Å². The highest BCUT2D eigenvalue weighted by molar-refractivity contribution is 5.90. The number of nitrogens with zero attached hydrogens (tertiary/aromatic N) is 4. The number of benzene rings is 2. The van der Waals surface area contributed by atoms with Crippen LogP contribution in [0.1, 0.15) is 37.3 Å². The number of amides is 2. The summed E-state index contributed by atoms with van der Waals surface area (Å²) in [6.07, 6.45) is 4.16. The van der Waals surface area contributed by atoms with Crippen LogP contribution < -0.4 is 16.0 Å². The van der Waals surface area contributed by atoms with E-state index in [0.717, 1.165) is 43.5 Å². The Bertz CT molecular complexity index is 1110. The van der Waals surface area contributed by atoms with Crippen LogP contribution in [0.25, 0.3) is 11.4 Å². The van der Waals surface area contributed by atoms with Crippen molar-refractivity contribution in [2.24, 2.45) is 13.0 Å². The van der Waals surface area contributed by atoms with E-state index in [1.54, 1.807) is 17.8 Å². The Balaban J connectivity index is 1.47. The molecule has 2 amide bonds. The molecule has 180 valence electrons. The molecule has 2 atom stereocenters. The summed E-state index contributed by atoms with van der Waals surface area (Å²) < 4.78 is 15.8. The van der Waals surface area contributed by atoms with Crippen molar-refractivity contribution >= 4 is 11.7 Å². The predicted molar refractivity (Wildman–Crippen MR) is 130 cm³/mol. The van der Waals surface area contributed by atoms with Crippen molar-refractivity contribution in [1.82, 2.24) is 30.8 Å². The number of aromatic nitrogens is 4. The number of piperidine rings is 1. The smallest absolute Gasteiger partial charge is 0.319 e. The van der Waals surface area contributed by atoms with E-state index in [-0.39, 0.29) is 17.9 Å². The number of anilines is 1. The van der Waals surface area contributed by atoms with Crippen LogP contribution in [-0.4, -0.2) is 45.4 Å². The highest BCUT2D eigenvalue weighted by atomic mass is 19.1. The molecule has 1 aliphatic heterocycles. The summed E-state index contributed by atoms with van der Waals surface area (Å²) in [7, 11) is 1.78. The Morgan fingerprint density at radius 2 is 2.15 bits per heavy atom. The van der Waals surface area contributed by atoms with Crippen molar-refractivity contribution in [3.05, 3.63) is 59.4 Å². The molecule has 9 heteroatoms. The molecule has 3 aromatic rings. The molecule has 0 aliphatic carbocycles. The highest BCUT2D eigenvalue weighted by Gasteiger charge is 2.25. The van der Waals surface area contributed by atoms with Gasteiger partial charge in [0.25, 0.3) is 0 Å². The van der Waals surface area contributed by atoms with Crippen molar-refractivity contribution < 1.29 is 9.18 Å². The molecular formula is C25H32FN7O. The number of carbonyl (C=O) groups excluding carboxylic acids is 1. The van der Waals surface area contributed by atoms with Gasteiger partial charge < -0.3 is 16.0 Å². The summed E-state index contributed by atoms with van der Waals surface area (Å²) in [6.45, 7) is 3.90. The van der Waals surface area contributed by atoms with Crippen molar-refractivity contribution in [3.8, 4) is 11.4 Å². The lowest BCUT2D eigenvalue weighted by Crippen LogP contribution is -2.47. The number of nitrogens with one attached hydrogen (secondary N) is 3. The third-order valence-electron chi connectivity index (χ3n) is 6.44. The van der Waals surface area contributed by atoms with Gasteiger partial charge >= 0.3 is 6.03 Å². The molecular weight excluding hydrogens is 433 g/mol. The SMILES string of the molecule is CCc1cc(NC(=O)NC(CCc2ccccc2F)C2CCCNC2)cc(-c2nnnn2C)c1. The number of hydrogen-bond donors (Lipinski definition) is 3. The fraction of sp³-hybridized carbons (Fsp3) is 0.440. The van der Waals surface area contributed by atoms with Gasteiger partial charge in [-0.3, -0.25) is 0 Å². The molecule has 1 fully saturated rings. The Labute approximate surface area is 199 Å². The van der Waals surface area contributed by atoms with Crippen molar-refractivity contribution in [1.29, 1.82) is 0 Å². The van der Waals surface area contributed by atoms with Gasteiger partial charge in [-0.1, -0.05) is 25.1 Å². The number of hydrogen-bond acceptors (Lipinski definition) is 5. The lowest BCUT2D eigenvalue weighted by Gasteiger charge is -2.31. The van der Waals surface area contributed by atoms with Crippen LogP contribution in [-0.2, 0) is 19.9 Å². The molecule has 0 saturated carbocycles. The Kier molecular flexibility index (Phi) is 7.84. The summed E-state index contributed by atoms with van der Waals surface area (Å²) in [6, 6.07) is 12.4. The van der Waals surface area contributed by atoms with E-state index in [2.05, 4.69) is 38.4 Å². The summed E-state index contributed by atoms with van der Waals surface area (Å²) in [5.41, 5.74) is 3.28. The number of carbonyl (C=O) groups is 1. The maximum Gasteiger partial charge on any atom is 0.319 e. The van der Waals surface area contributed by atoms with Crippen LogP contribution in [0.2, 0.25) is 0 Å². The predicted octanol–water partition coefficient (Wildman–Crippen LogP) is 3.70. The quantitative estimate of drug-likeness (QED) is 0.471. The molecule has 1 aromatic heterocycles. The molecule has 4 rings (SSSR count). The van der Waals surface area contributed by atoms with E-state index in [0.29, 0.717) is 35.8 Å². The standard InChI is InChI=1S/C25H32FN7O/c1-3-17-13-20(24-30-31-32-33(24)2)15-21(14-17)28-25(34)29-23(19-8-6-12-27-16-19)11-10-18-7-4-5-9-22(18)26/h4-5,7,9,13-15,19,23,27H,3,6,8,10-12,16H2,1-2H3,(H2,28,29,34). The average molecular weight is 466 g/mol. The maximum absolute atomic E-state index is 14.2. The third kappa shape index (κ3) is 5.96. The first kappa shape index (κ1) is 23.8. The summed E-state index contributed by atoms with van der Waals surface area (Å²) in [4.78, 5) is 13.0. The van der Waals surface area contributed by atoms with Crippen LogP contribution in [0.4, 0.5) is 14.9 Å². The molecule has 8 nitrogen and oxygen atoms in total. The van der Waals surface area contributed by atoms with Gasteiger partial charge in [-0.2, -0.15) is 0 Å². The summed E-state index contributed by atoms with van der Waals surface area (Å²) in [5.74, 6) is 0.734. The highest BCUT2D eigenvalue weighted by Crippen LogP contribution is 2.24. The normalized spacial score (nSPS) is 16.7. The number of rotatable bonds is 8. The Morgan fingerprint density at radius 3 is 2.85 bits per heavy atom. The first-order valence-electron chi connectivity index (χ1n) is 11.9. The lowest BCUT2D eigenvalue weighted by molar-refractivity contribution is 0.232. The van der Waals surface area contributed by atoms with E-state index < -0.39 is 0 Å². The average Bonchev–Trinajstić information content (AvgIpc) is 3.28. The largest absolute Gasteiger partial charge is 0.335 e. The Morgan fingerprint density at radius 1 is 1.29 bits per heavy atom. The Hall–Kier alpha value is -3.33. The van der Waals surface area contributed by atoms with Crippen LogP contribution >= 0.6 is 0 Å². The molecule has 2 unspecified atom stereocenters. The minimum Gasteiger partial charge on any atom is -0.335 e. The van der Waals surface area contributed by atoms with Crippen LogP contribution in [0, 0.1) is 11.7 Å². The van der Waals surface area contributed by atoms with Crippen LogP contribution in [0.3, 0.4) is 0 Å². The van der Waals surface area contributed by atoms with E-state index in [4.69, 9.17) is 0 Å². The lowest BCUT2D eigenvalue weighted by atomic mass is 9.88. The van der Waals surface area contributed by atoms with Crippen LogP contribution in [0.5, 0.6) is 0 Å². The molecule has 2 heterocycles. The second-order valence-electron chi connectivity index (χ2n) is 8.84. The zero-order valence-corrected chi connectivity index (χ0v) is 19.7. The number of urea groups is 1.